The summed E-state index contributed by atoms with van der Waals surface area (Å²) in [6.45, 7) is 0. The number of amides is 1. The van der Waals surface area contributed by atoms with Crippen LogP contribution in [0.3, 0.4) is 0 Å². The molecule has 3 nitrogen and oxygen atoms in total. The normalized spacial score (nSPS) is 15.6. The molecule has 1 unspecified atom stereocenters. The third-order valence-corrected chi connectivity index (χ3v) is 4.98. The van der Waals surface area contributed by atoms with Gasteiger partial charge in [0.25, 0.3) is 5.91 Å². The van der Waals surface area contributed by atoms with Crippen molar-refractivity contribution >= 4 is 17.5 Å². The Labute approximate surface area is 151 Å². The number of halogens is 1. The Hall–Kier alpha value is -2.65. The smallest absolute Gasteiger partial charge is 0.253 e. The van der Waals surface area contributed by atoms with Crippen molar-refractivity contribution in [3.05, 3.63) is 88.7 Å². The number of carbonyl (C=O) groups excluding carboxylic acids is 1. The Balaban J connectivity index is 1.55. The first kappa shape index (κ1) is 15.9. The van der Waals surface area contributed by atoms with E-state index in [1.54, 1.807) is 18.5 Å². The van der Waals surface area contributed by atoms with Gasteiger partial charge in [0.2, 0.25) is 0 Å². The van der Waals surface area contributed by atoms with Crippen LogP contribution in [0.4, 0.5) is 0 Å². The number of carbonyl (C=O) groups is 1. The Kier molecular flexibility index (Phi) is 4.24. The maximum Gasteiger partial charge on any atom is 0.253 e. The van der Waals surface area contributed by atoms with E-state index in [0.717, 1.165) is 24.0 Å². The molecule has 1 aliphatic rings. The predicted octanol–water partition coefficient (Wildman–Crippen LogP) is 4.82. The molecule has 0 saturated heterocycles. The second kappa shape index (κ2) is 6.69. The molecule has 4 heteroatoms. The molecule has 124 valence electrons. The number of nitrogens with one attached hydrogen (secondary N) is 1. The average molecular weight is 349 g/mol. The van der Waals surface area contributed by atoms with Gasteiger partial charge < -0.3 is 5.32 Å². The van der Waals surface area contributed by atoms with Crippen molar-refractivity contribution in [3.63, 3.8) is 0 Å². The van der Waals surface area contributed by atoms with Crippen molar-refractivity contribution in [2.24, 2.45) is 0 Å². The molecule has 0 saturated carbocycles. The Bertz CT molecular complexity index is 924. The maximum atomic E-state index is 12.7. The van der Waals surface area contributed by atoms with Crippen LogP contribution in [0.5, 0.6) is 0 Å². The minimum Gasteiger partial charge on any atom is -0.345 e. The lowest BCUT2D eigenvalue weighted by molar-refractivity contribution is 0.0937. The van der Waals surface area contributed by atoms with Crippen molar-refractivity contribution < 1.29 is 4.79 Å². The van der Waals surface area contributed by atoms with E-state index < -0.39 is 0 Å². The van der Waals surface area contributed by atoms with Crippen LogP contribution in [0.2, 0.25) is 5.02 Å². The molecule has 0 aliphatic heterocycles. The van der Waals surface area contributed by atoms with Gasteiger partial charge in [0.15, 0.2) is 0 Å². The molecule has 1 N–H and O–H groups in total. The van der Waals surface area contributed by atoms with Crippen molar-refractivity contribution in [1.82, 2.24) is 10.3 Å². The molecule has 0 fully saturated rings. The fourth-order valence-corrected chi connectivity index (χ4v) is 3.63. The molecule has 2 aromatic carbocycles. The highest BCUT2D eigenvalue weighted by molar-refractivity contribution is 6.34. The van der Waals surface area contributed by atoms with E-state index in [4.69, 9.17) is 11.6 Å². The van der Waals surface area contributed by atoms with Crippen LogP contribution < -0.4 is 5.32 Å². The average Bonchev–Trinajstić information content (AvgIpc) is 3.05. The lowest BCUT2D eigenvalue weighted by Gasteiger charge is -2.15. The third kappa shape index (κ3) is 3.15. The molecule has 1 amide bonds. The number of benzene rings is 2. The summed E-state index contributed by atoms with van der Waals surface area (Å²) >= 11 is 6.38. The van der Waals surface area contributed by atoms with Crippen LogP contribution in [0, 0.1) is 0 Å². The number of rotatable bonds is 3. The maximum absolute atomic E-state index is 12.7. The summed E-state index contributed by atoms with van der Waals surface area (Å²) in [6.07, 6.45) is 5.40. The topological polar surface area (TPSA) is 42.0 Å². The van der Waals surface area contributed by atoms with Crippen LogP contribution in [0.1, 0.15) is 33.9 Å². The van der Waals surface area contributed by atoms with Crippen LogP contribution in [0.25, 0.3) is 11.1 Å². The Morgan fingerprint density at radius 1 is 1.04 bits per heavy atom. The van der Waals surface area contributed by atoms with Crippen molar-refractivity contribution in [2.75, 3.05) is 0 Å². The second-order valence-corrected chi connectivity index (χ2v) is 6.60. The van der Waals surface area contributed by atoms with E-state index in [0.29, 0.717) is 10.6 Å². The van der Waals surface area contributed by atoms with Gasteiger partial charge in [-0.1, -0.05) is 41.9 Å². The van der Waals surface area contributed by atoms with E-state index in [1.165, 1.54) is 11.1 Å². The van der Waals surface area contributed by atoms with Crippen LogP contribution in [0.15, 0.2) is 67.0 Å². The number of hydrogen-bond acceptors (Lipinski definition) is 2. The van der Waals surface area contributed by atoms with Gasteiger partial charge in [-0.2, -0.15) is 0 Å². The first-order chi connectivity index (χ1) is 12.2. The van der Waals surface area contributed by atoms with Crippen molar-refractivity contribution in [1.29, 1.82) is 0 Å². The minimum atomic E-state index is -0.131. The van der Waals surface area contributed by atoms with Gasteiger partial charge >= 0.3 is 0 Å². The number of nitrogens with zero attached hydrogens (tertiary/aromatic N) is 1. The van der Waals surface area contributed by atoms with E-state index in [-0.39, 0.29) is 11.9 Å². The van der Waals surface area contributed by atoms with Crippen molar-refractivity contribution in [3.8, 4) is 11.1 Å². The summed E-state index contributed by atoms with van der Waals surface area (Å²) in [5.74, 6) is -0.131. The molecule has 0 radical (unpaired) electrons. The summed E-state index contributed by atoms with van der Waals surface area (Å²) in [7, 11) is 0. The van der Waals surface area contributed by atoms with E-state index in [1.807, 2.05) is 36.4 Å². The highest BCUT2D eigenvalue weighted by Crippen LogP contribution is 2.32. The monoisotopic (exact) mass is 348 g/mol. The summed E-state index contributed by atoms with van der Waals surface area (Å²) in [5.41, 5.74) is 5.01. The highest BCUT2D eigenvalue weighted by atomic mass is 35.5. The summed E-state index contributed by atoms with van der Waals surface area (Å²) in [4.78, 5) is 16.7. The van der Waals surface area contributed by atoms with Crippen LogP contribution in [-0.4, -0.2) is 10.9 Å². The fraction of sp³-hybridized carbons (Fsp3) is 0.143. The number of aryl methyl sites for hydroxylation is 1. The SMILES string of the molecule is O=C(NC1CCc2ccccc21)c1ccc(-c2ccncc2)cc1Cl. The van der Waals surface area contributed by atoms with Gasteiger partial charge in [-0.15, -0.1) is 0 Å². The number of hydrogen-bond donors (Lipinski definition) is 1. The van der Waals surface area contributed by atoms with Gasteiger partial charge in [0.05, 0.1) is 16.6 Å². The molecule has 0 bridgehead atoms. The zero-order chi connectivity index (χ0) is 17.2. The summed E-state index contributed by atoms with van der Waals surface area (Å²) in [6, 6.07) is 17.7. The molecule has 3 aromatic rings. The summed E-state index contributed by atoms with van der Waals surface area (Å²) in [5, 5.41) is 3.57. The molecular weight excluding hydrogens is 332 g/mol. The number of fused-ring (bicyclic) bond motifs is 1. The standard InChI is InChI=1S/C21H17ClN2O/c22-19-13-16(14-9-11-23-12-10-14)5-7-18(19)21(25)24-20-8-6-15-3-1-2-4-17(15)20/h1-5,7,9-13,20H,6,8H2,(H,24,25). The fourth-order valence-electron chi connectivity index (χ4n) is 3.37. The zero-order valence-corrected chi connectivity index (χ0v) is 14.3. The molecule has 4 rings (SSSR count). The van der Waals surface area contributed by atoms with Crippen molar-refractivity contribution in [2.45, 2.75) is 18.9 Å². The largest absolute Gasteiger partial charge is 0.345 e. The molecule has 1 atom stereocenters. The molecule has 25 heavy (non-hydrogen) atoms. The van der Waals surface area contributed by atoms with Gasteiger partial charge in [-0.05, 0) is 59.4 Å². The lowest BCUT2D eigenvalue weighted by Crippen LogP contribution is -2.27. The van der Waals surface area contributed by atoms with Gasteiger partial charge in [0.1, 0.15) is 0 Å². The first-order valence-corrected chi connectivity index (χ1v) is 8.69. The minimum absolute atomic E-state index is 0.0552. The van der Waals surface area contributed by atoms with Crippen LogP contribution >= 0.6 is 11.6 Å². The van der Waals surface area contributed by atoms with E-state index in [2.05, 4.69) is 22.4 Å². The quantitative estimate of drug-likeness (QED) is 0.737. The summed E-state index contributed by atoms with van der Waals surface area (Å²) < 4.78 is 0. The Morgan fingerprint density at radius 2 is 1.84 bits per heavy atom. The molecule has 1 aliphatic carbocycles. The first-order valence-electron chi connectivity index (χ1n) is 8.31. The molecule has 0 spiro atoms. The van der Waals surface area contributed by atoms with Gasteiger partial charge in [-0.3, -0.25) is 9.78 Å². The highest BCUT2D eigenvalue weighted by Gasteiger charge is 2.24. The zero-order valence-electron chi connectivity index (χ0n) is 13.6. The Morgan fingerprint density at radius 3 is 2.64 bits per heavy atom. The lowest BCUT2D eigenvalue weighted by atomic mass is 10.0. The van der Waals surface area contributed by atoms with Crippen LogP contribution in [-0.2, 0) is 6.42 Å². The van der Waals surface area contributed by atoms with Gasteiger partial charge in [-0.25, -0.2) is 0 Å². The second-order valence-electron chi connectivity index (χ2n) is 6.19. The number of aromatic nitrogens is 1. The van der Waals surface area contributed by atoms with Gasteiger partial charge in [0, 0.05) is 12.4 Å². The third-order valence-electron chi connectivity index (χ3n) is 4.67. The van der Waals surface area contributed by atoms with E-state index in [9.17, 15) is 4.79 Å². The number of pyridine rings is 1. The molecule has 1 heterocycles. The predicted molar refractivity (Wildman–Crippen MR) is 99.7 cm³/mol. The molecule has 1 aromatic heterocycles. The van der Waals surface area contributed by atoms with E-state index >= 15 is 0 Å². The molecular formula is C21H17ClN2O.